The Morgan fingerprint density at radius 2 is 2.10 bits per heavy atom. The van der Waals surface area contributed by atoms with E-state index in [-0.39, 0.29) is 17.6 Å². The summed E-state index contributed by atoms with van der Waals surface area (Å²) in [7, 11) is 0. The second-order valence-electron chi connectivity index (χ2n) is 7.41. The van der Waals surface area contributed by atoms with Gasteiger partial charge in [-0.1, -0.05) is 28.9 Å². The van der Waals surface area contributed by atoms with Crippen molar-refractivity contribution >= 4 is 23.2 Å². The van der Waals surface area contributed by atoms with E-state index in [4.69, 9.17) is 16.1 Å². The molecule has 30 heavy (non-hydrogen) atoms. The van der Waals surface area contributed by atoms with Crippen molar-refractivity contribution in [2.45, 2.75) is 25.2 Å². The molecule has 1 aromatic heterocycles. The van der Waals surface area contributed by atoms with Gasteiger partial charge in [0.25, 0.3) is 0 Å². The third-order valence-corrected chi connectivity index (χ3v) is 5.41. The first-order valence-electron chi connectivity index (χ1n) is 9.94. The molecule has 0 bridgehead atoms. The molecule has 2 aromatic carbocycles. The van der Waals surface area contributed by atoms with Crippen LogP contribution in [-0.2, 0) is 4.79 Å². The number of benzene rings is 2. The summed E-state index contributed by atoms with van der Waals surface area (Å²) in [5.74, 6) is 0.687. The van der Waals surface area contributed by atoms with Crippen LogP contribution in [0, 0.1) is 5.82 Å². The van der Waals surface area contributed by atoms with Gasteiger partial charge in [0.05, 0.1) is 5.92 Å². The maximum atomic E-state index is 13.4. The molecular weight excluding hydrogens is 407 g/mol. The third-order valence-electron chi connectivity index (χ3n) is 5.16. The zero-order chi connectivity index (χ0) is 20.9. The average molecular weight is 429 g/mol. The van der Waals surface area contributed by atoms with Crippen LogP contribution in [0.2, 0.25) is 5.02 Å². The van der Waals surface area contributed by atoms with Crippen LogP contribution in [0.25, 0.3) is 11.4 Å². The van der Waals surface area contributed by atoms with Gasteiger partial charge in [-0.05, 0) is 55.8 Å². The van der Waals surface area contributed by atoms with Crippen molar-refractivity contribution in [1.29, 1.82) is 0 Å². The molecule has 1 amide bonds. The summed E-state index contributed by atoms with van der Waals surface area (Å²) in [5.41, 5.74) is 1.33. The van der Waals surface area contributed by atoms with Crippen molar-refractivity contribution in [2.75, 3.05) is 25.0 Å². The minimum absolute atomic E-state index is 0.0365. The highest BCUT2D eigenvalue weighted by Gasteiger charge is 2.26. The van der Waals surface area contributed by atoms with Gasteiger partial charge in [-0.25, -0.2) is 4.39 Å². The lowest BCUT2D eigenvalue weighted by Gasteiger charge is -2.30. The van der Waals surface area contributed by atoms with E-state index in [2.05, 4.69) is 20.4 Å². The van der Waals surface area contributed by atoms with Crippen molar-refractivity contribution in [3.05, 3.63) is 65.3 Å². The van der Waals surface area contributed by atoms with Gasteiger partial charge < -0.3 is 14.7 Å². The van der Waals surface area contributed by atoms with E-state index in [1.807, 2.05) is 0 Å². The Bertz CT molecular complexity index is 1010. The van der Waals surface area contributed by atoms with Crippen LogP contribution in [0.3, 0.4) is 0 Å². The molecule has 1 fully saturated rings. The molecule has 0 spiro atoms. The molecule has 1 aliphatic heterocycles. The van der Waals surface area contributed by atoms with Crippen molar-refractivity contribution < 1.29 is 13.7 Å². The number of carbonyl (C=O) groups is 1. The zero-order valence-corrected chi connectivity index (χ0v) is 17.1. The molecule has 1 unspecified atom stereocenters. The molecule has 1 aliphatic rings. The fourth-order valence-electron chi connectivity index (χ4n) is 3.62. The Morgan fingerprint density at radius 3 is 2.90 bits per heavy atom. The van der Waals surface area contributed by atoms with Crippen molar-refractivity contribution in [3.8, 4) is 11.4 Å². The fourth-order valence-corrected chi connectivity index (χ4v) is 3.75. The number of aromatic nitrogens is 2. The van der Waals surface area contributed by atoms with E-state index < -0.39 is 0 Å². The smallest absolute Gasteiger partial charge is 0.231 e. The number of hydrogen-bond acceptors (Lipinski definition) is 5. The van der Waals surface area contributed by atoms with Gasteiger partial charge in [-0.15, -0.1) is 0 Å². The van der Waals surface area contributed by atoms with E-state index in [0.29, 0.717) is 35.3 Å². The Labute approximate surface area is 179 Å². The maximum absolute atomic E-state index is 13.4. The van der Waals surface area contributed by atoms with E-state index in [1.165, 1.54) is 12.1 Å². The Hall–Kier alpha value is -2.77. The lowest BCUT2D eigenvalue weighted by Crippen LogP contribution is -2.36. The number of halogens is 2. The summed E-state index contributed by atoms with van der Waals surface area (Å²) in [6, 6.07) is 13.2. The largest absolute Gasteiger partial charge is 0.339 e. The number of amides is 1. The SMILES string of the molecule is O=C(CCN1CCCC(c2nc(-c3cccc(F)c3)no2)C1)Nc1ccc(Cl)cc1. The number of piperidine rings is 1. The first-order chi connectivity index (χ1) is 14.6. The molecule has 0 aliphatic carbocycles. The molecule has 1 N–H and O–H groups in total. The van der Waals surface area contributed by atoms with E-state index in [9.17, 15) is 9.18 Å². The molecular formula is C22H22ClFN4O2. The summed E-state index contributed by atoms with van der Waals surface area (Å²) in [6.07, 6.45) is 2.33. The molecule has 2 heterocycles. The Balaban J connectivity index is 1.31. The lowest BCUT2D eigenvalue weighted by atomic mass is 9.98. The highest BCUT2D eigenvalue weighted by atomic mass is 35.5. The second-order valence-corrected chi connectivity index (χ2v) is 7.85. The summed E-state index contributed by atoms with van der Waals surface area (Å²) in [6.45, 7) is 2.33. The predicted molar refractivity (Wildman–Crippen MR) is 113 cm³/mol. The molecule has 4 rings (SSSR count). The monoisotopic (exact) mass is 428 g/mol. The number of anilines is 1. The van der Waals surface area contributed by atoms with Crippen molar-refractivity contribution in [1.82, 2.24) is 15.0 Å². The number of carbonyl (C=O) groups excluding carboxylic acids is 1. The predicted octanol–water partition coefficient (Wildman–Crippen LogP) is 4.74. The zero-order valence-electron chi connectivity index (χ0n) is 16.4. The molecule has 3 aromatic rings. The van der Waals surface area contributed by atoms with Crippen LogP contribution in [0.5, 0.6) is 0 Å². The van der Waals surface area contributed by atoms with Crippen LogP contribution in [-0.4, -0.2) is 40.6 Å². The van der Waals surface area contributed by atoms with Crippen LogP contribution in [0.1, 0.15) is 31.1 Å². The maximum Gasteiger partial charge on any atom is 0.231 e. The summed E-state index contributed by atoms with van der Waals surface area (Å²) >= 11 is 5.87. The molecule has 6 nitrogen and oxygen atoms in total. The summed E-state index contributed by atoms with van der Waals surface area (Å²) in [4.78, 5) is 19.0. The minimum atomic E-state index is -0.334. The number of likely N-dealkylation sites (tertiary alicyclic amines) is 1. The molecule has 1 saturated heterocycles. The number of nitrogens with one attached hydrogen (secondary N) is 1. The van der Waals surface area contributed by atoms with Crippen LogP contribution >= 0.6 is 11.6 Å². The van der Waals surface area contributed by atoms with E-state index in [0.717, 1.165) is 31.6 Å². The topological polar surface area (TPSA) is 71.3 Å². The van der Waals surface area contributed by atoms with Crippen LogP contribution in [0.4, 0.5) is 10.1 Å². The van der Waals surface area contributed by atoms with Gasteiger partial charge in [0.2, 0.25) is 17.6 Å². The van der Waals surface area contributed by atoms with Crippen molar-refractivity contribution in [3.63, 3.8) is 0 Å². The third kappa shape index (κ3) is 5.23. The fraction of sp³-hybridized carbons (Fsp3) is 0.318. The van der Waals surface area contributed by atoms with Crippen LogP contribution in [0.15, 0.2) is 53.1 Å². The average Bonchev–Trinajstić information content (AvgIpc) is 3.25. The van der Waals surface area contributed by atoms with Gasteiger partial charge in [-0.2, -0.15) is 4.98 Å². The first-order valence-corrected chi connectivity index (χ1v) is 10.3. The lowest BCUT2D eigenvalue weighted by molar-refractivity contribution is -0.116. The Morgan fingerprint density at radius 1 is 1.27 bits per heavy atom. The van der Waals surface area contributed by atoms with Gasteiger partial charge >= 0.3 is 0 Å². The minimum Gasteiger partial charge on any atom is -0.339 e. The van der Waals surface area contributed by atoms with Gasteiger partial charge in [0.15, 0.2) is 0 Å². The summed E-state index contributed by atoms with van der Waals surface area (Å²) < 4.78 is 18.9. The number of nitrogens with zero attached hydrogens (tertiary/aromatic N) is 3. The molecule has 0 radical (unpaired) electrons. The highest BCUT2D eigenvalue weighted by molar-refractivity contribution is 6.30. The van der Waals surface area contributed by atoms with E-state index in [1.54, 1.807) is 36.4 Å². The van der Waals surface area contributed by atoms with Crippen molar-refractivity contribution in [2.24, 2.45) is 0 Å². The molecule has 1 atom stereocenters. The van der Waals surface area contributed by atoms with Gasteiger partial charge in [0, 0.05) is 35.8 Å². The van der Waals surface area contributed by atoms with Gasteiger partial charge in [-0.3, -0.25) is 4.79 Å². The van der Waals surface area contributed by atoms with E-state index >= 15 is 0 Å². The molecule has 0 saturated carbocycles. The summed E-state index contributed by atoms with van der Waals surface area (Å²) in [5, 5.41) is 7.53. The normalized spacial score (nSPS) is 17.1. The molecule has 156 valence electrons. The molecule has 8 heteroatoms. The quantitative estimate of drug-likeness (QED) is 0.614. The second kappa shape index (κ2) is 9.36. The number of hydrogen-bond donors (Lipinski definition) is 1. The van der Waals surface area contributed by atoms with Gasteiger partial charge in [0.1, 0.15) is 5.82 Å². The first kappa shape index (κ1) is 20.5. The highest BCUT2D eigenvalue weighted by Crippen LogP contribution is 2.28. The van der Waals surface area contributed by atoms with Crippen LogP contribution < -0.4 is 5.32 Å². The standard InChI is InChI=1S/C22H22ClFN4O2/c23-17-6-8-19(9-7-17)25-20(29)10-12-28-11-2-4-16(14-28)22-26-21(27-30-22)15-3-1-5-18(24)13-15/h1,3,5-9,13,16H,2,4,10-12,14H2,(H,25,29). The number of rotatable bonds is 6. The Kier molecular flexibility index (Phi) is 6.40.